The summed E-state index contributed by atoms with van der Waals surface area (Å²) in [5, 5.41) is 10.8. The van der Waals surface area contributed by atoms with Crippen LogP contribution in [0, 0.1) is 17.0 Å². The lowest BCUT2D eigenvalue weighted by Crippen LogP contribution is -2.08. The van der Waals surface area contributed by atoms with Crippen molar-refractivity contribution >= 4 is 23.3 Å². The van der Waals surface area contributed by atoms with Gasteiger partial charge >= 0.3 is 5.97 Å². The number of nitro groups is 1. The van der Waals surface area contributed by atoms with Crippen molar-refractivity contribution < 1.29 is 14.5 Å². The molecule has 0 radical (unpaired) electrons. The molecule has 0 bridgehead atoms. The third-order valence-corrected chi connectivity index (χ3v) is 2.37. The molecule has 0 aliphatic rings. The fourth-order valence-electron chi connectivity index (χ4n) is 1.39. The van der Waals surface area contributed by atoms with Crippen LogP contribution in [0.15, 0.2) is 12.1 Å². The van der Waals surface area contributed by atoms with Gasteiger partial charge in [0.05, 0.1) is 29.0 Å². The highest BCUT2D eigenvalue weighted by Crippen LogP contribution is 2.26. The Kier molecular flexibility index (Phi) is 3.84. The third kappa shape index (κ3) is 2.30. The Labute approximate surface area is 97.1 Å². The van der Waals surface area contributed by atoms with E-state index in [2.05, 4.69) is 4.74 Å². The summed E-state index contributed by atoms with van der Waals surface area (Å²) in [6.07, 6.45) is 0. The molecule has 0 fully saturated rings. The number of halogens is 1. The van der Waals surface area contributed by atoms with Crippen molar-refractivity contribution in [1.82, 2.24) is 0 Å². The molecular weight excluding hydrogens is 234 g/mol. The largest absolute Gasteiger partial charge is 0.465 e. The second-order valence-electron chi connectivity index (χ2n) is 3.19. The fraction of sp³-hybridized carbons (Fsp3) is 0.300. The summed E-state index contributed by atoms with van der Waals surface area (Å²) in [6.45, 7) is 1.66. The normalized spacial score (nSPS) is 9.94. The minimum absolute atomic E-state index is 0.110. The molecule has 1 aromatic rings. The number of ether oxygens (including phenoxy) is 1. The van der Waals surface area contributed by atoms with Crippen LogP contribution in [0.25, 0.3) is 0 Å². The van der Waals surface area contributed by atoms with Gasteiger partial charge in [0, 0.05) is 6.07 Å². The highest BCUT2D eigenvalue weighted by Gasteiger charge is 2.22. The molecule has 0 saturated heterocycles. The number of nitro benzene ring substituents is 1. The summed E-state index contributed by atoms with van der Waals surface area (Å²) in [6, 6.07) is 2.90. The Morgan fingerprint density at radius 2 is 2.19 bits per heavy atom. The molecule has 0 heterocycles. The van der Waals surface area contributed by atoms with Crippen LogP contribution < -0.4 is 0 Å². The van der Waals surface area contributed by atoms with Gasteiger partial charge in [0.25, 0.3) is 5.69 Å². The molecule has 0 aromatic heterocycles. The predicted octanol–water partition coefficient (Wildman–Crippen LogP) is 2.43. The SMILES string of the molecule is COC(=O)c1cc(C)cc([N+](=O)[O-])c1CCl. The molecule has 5 nitrogen and oxygen atoms in total. The van der Waals surface area contributed by atoms with E-state index >= 15 is 0 Å². The minimum Gasteiger partial charge on any atom is -0.465 e. The molecule has 0 aliphatic carbocycles. The monoisotopic (exact) mass is 243 g/mol. The maximum absolute atomic E-state index is 11.4. The summed E-state index contributed by atoms with van der Waals surface area (Å²) in [5.74, 6) is -0.733. The predicted molar refractivity (Wildman–Crippen MR) is 58.7 cm³/mol. The average molecular weight is 244 g/mol. The van der Waals surface area contributed by atoms with Crippen LogP contribution in [0.1, 0.15) is 21.5 Å². The first-order valence-corrected chi connectivity index (χ1v) is 4.97. The molecule has 1 rings (SSSR count). The number of hydrogen-bond donors (Lipinski definition) is 0. The smallest absolute Gasteiger partial charge is 0.338 e. The quantitative estimate of drug-likeness (QED) is 0.354. The molecule has 6 heteroatoms. The summed E-state index contributed by atoms with van der Waals surface area (Å²) >= 11 is 5.62. The fourth-order valence-corrected chi connectivity index (χ4v) is 1.67. The van der Waals surface area contributed by atoms with Crippen molar-refractivity contribution in [2.45, 2.75) is 12.8 Å². The number of carbonyl (C=O) groups excluding carboxylic acids is 1. The number of rotatable bonds is 3. The first-order valence-electron chi connectivity index (χ1n) is 4.43. The van der Waals surface area contributed by atoms with Gasteiger partial charge in [-0.1, -0.05) is 0 Å². The average Bonchev–Trinajstić information content (AvgIpc) is 2.26. The van der Waals surface area contributed by atoms with E-state index < -0.39 is 10.9 Å². The van der Waals surface area contributed by atoms with Crippen molar-refractivity contribution in [3.63, 3.8) is 0 Å². The number of methoxy groups -OCH3 is 1. The zero-order valence-corrected chi connectivity index (χ0v) is 9.58. The number of alkyl halides is 1. The van der Waals surface area contributed by atoms with Crippen molar-refractivity contribution in [2.75, 3.05) is 7.11 Å². The van der Waals surface area contributed by atoms with Crippen LogP contribution in [-0.4, -0.2) is 18.0 Å². The van der Waals surface area contributed by atoms with Crippen LogP contribution in [-0.2, 0) is 10.6 Å². The Hall–Kier alpha value is -1.62. The molecule has 0 spiro atoms. The molecule has 0 unspecified atom stereocenters. The van der Waals surface area contributed by atoms with Gasteiger partial charge in [-0.25, -0.2) is 4.79 Å². The summed E-state index contributed by atoms with van der Waals surface area (Å²) in [4.78, 5) is 21.6. The van der Waals surface area contributed by atoms with Gasteiger partial charge in [-0.2, -0.15) is 0 Å². The van der Waals surface area contributed by atoms with E-state index in [4.69, 9.17) is 11.6 Å². The van der Waals surface area contributed by atoms with Crippen LogP contribution in [0.5, 0.6) is 0 Å². The lowest BCUT2D eigenvalue weighted by atomic mass is 10.0. The number of nitrogens with zero attached hydrogens (tertiary/aromatic N) is 1. The number of carbonyl (C=O) groups is 1. The second kappa shape index (κ2) is 4.94. The zero-order chi connectivity index (χ0) is 12.3. The maximum Gasteiger partial charge on any atom is 0.338 e. The summed E-state index contributed by atoms with van der Waals surface area (Å²) < 4.78 is 4.55. The molecular formula is C10H10ClNO4. The second-order valence-corrected chi connectivity index (χ2v) is 3.46. The van der Waals surface area contributed by atoms with Gasteiger partial charge in [0.15, 0.2) is 0 Å². The van der Waals surface area contributed by atoms with Crippen LogP contribution in [0.3, 0.4) is 0 Å². The Balaban J connectivity index is 3.48. The van der Waals surface area contributed by atoms with Gasteiger partial charge in [-0.3, -0.25) is 10.1 Å². The van der Waals surface area contributed by atoms with Crippen LogP contribution in [0.2, 0.25) is 0 Å². The van der Waals surface area contributed by atoms with Gasteiger partial charge < -0.3 is 4.74 Å². The molecule has 0 saturated carbocycles. The third-order valence-electron chi connectivity index (χ3n) is 2.11. The number of hydrogen-bond acceptors (Lipinski definition) is 4. The minimum atomic E-state index is -0.623. The van der Waals surface area contributed by atoms with Crippen molar-refractivity contribution in [1.29, 1.82) is 0 Å². The first kappa shape index (κ1) is 12.4. The summed E-state index contributed by atoms with van der Waals surface area (Å²) in [7, 11) is 1.22. The topological polar surface area (TPSA) is 69.4 Å². The van der Waals surface area contributed by atoms with Crippen LogP contribution >= 0.6 is 11.6 Å². The van der Waals surface area contributed by atoms with Gasteiger partial charge in [-0.15, -0.1) is 11.6 Å². The van der Waals surface area contributed by atoms with Gasteiger partial charge in [-0.05, 0) is 18.6 Å². The Morgan fingerprint density at radius 3 is 2.62 bits per heavy atom. The molecule has 86 valence electrons. The lowest BCUT2D eigenvalue weighted by molar-refractivity contribution is -0.385. The Bertz CT molecular complexity index is 445. The van der Waals surface area contributed by atoms with E-state index in [0.717, 1.165) is 0 Å². The van der Waals surface area contributed by atoms with Crippen molar-refractivity contribution in [3.05, 3.63) is 38.9 Å². The first-order chi connectivity index (χ1) is 7.51. The summed E-state index contributed by atoms with van der Waals surface area (Å²) in [5.41, 5.74) is 0.782. The number of esters is 1. The number of benzene rings is 1. The Morgan fingerprint density at radius 1 is 1.56 bits per heavy atom. The van der Waals surface area contributed by atoms with E-state index in [9.17, 15) is 14.9 Å². The van der Waals surface area contributed by atoms with E-state index in [1.807, 2.05) is 0 Å². The van der Waals surface area contributed by atoms with E-state index in [-0.39, 0.29) is 22.7 Å². The molecule has 0 amide bonds. The van der Waals surface area contributed by atoms with E-state index in [0.29, 0.717) is 5.56 Å². The molecule has 16 heavy (non-hydrogen) atoms. The van der Waals surface area contributed by atoms with Crippen LogP contribution in [0.4, 0.5) is 5.69 Å². The van der Waals surface area contributed by atoms with Crippen molar-refractivity contribution in [2.24, 2.45) is 0 Å². The van der Waals surface area contributed by atoms with Gasteiger partial charge in [0.1, 0.15) is 0 Å². The molecule has 0 N–H and O–H groups in total. The van der Waals surface area contributed by atoms with Gasteiger partial charge in [0.2, 0.25) is 0 Å². The molecule has 0 aliphatic heterocycles. The molecule has 0 atom stereocenters. The van der Waals surface area contributed by atoms with E-state index in [1.54, 1.807) is 6.92 Å². The maximum atomic E-state index is 11.4. The standard InChI is InChI=1S/C10H10ClNO4/c1-6-3-7(10(13)16-2)8(5-11)9(4-6)12(14)15/h3-4H,5H2,1-2H3. The highest BCUT2D eigenvalue weighted by atomic mass is 35.5. The number of aryl methyl sites for hydroxylation is 1. The lowest BCUT2D eigenvalue weighted by Gasteiger charge is -2.07. The van der Waals surface area contributed by atoms with Crippen molar-refractivity contribution in [3.8, 4) is 0 Å². The molecule has 1 aromatic carbocycles. The highest BCUT2D eigenvalue weighted by molar-refractivity contribution is 6.18. The zero-order valence-electron chi connectivity index (χ0n) is 8.82. The van der Waals surface area contributed by atoms with E-state index in [1.165, 1.54) is 19.2 Å².